The topological polar surface area (TPSA) is 37.3 Å². The summed E-state index contributed by atoms with van der Waals surface area (Å²) in [5.41, 5.74) is 0. The number of rotatable bonds is 14. The Morgan fingerprint density at radius 2 is 0.946 bits per heavy atom. The van der Waals surface area contributed by atoms with Crippen LogP contribution in [-0.2, 0) is 4.79 Å². The first-order chi connectivity index (χ1) is 16.1. The Kier molecular flexibility index (Phi) is 9.96. The van der Waals surface area contributed by atoms with E-state index < -0.39 is 71.9 Å². The van der Waals surface area contributed by atoms with Crippen LogP contribution in [0.1, 0.15) is 46.0 Å². The molecule has 19 heteroatoms. The third-order valence-corrected chi connectivity index (χ3v) is 5.61. The number of halogens is 17. The van der Waals surface area contributed by atoms with Gasteiger partial charge in [-0.05, 0) is 6.42 Å². The first-order valence-electron chi connectivity index (χ1n) is 9.99. The molecule has 0 bridgehead atoms. The Labute approximate surface area is 197 Å². The Balaban J connectivity index is 6.67. The predicted molar refractivity (Wildman–Crippen MR) is 89.7 cm³/mol. The van der Waals surface area contributed by atoms with Crippen molar-refractivity contribution in [3.63, 3.8) is 0 Å². The van der Waals surface area contributed by atoms with E-state index in [2.05, 4.69) is 0 Å². The van der Waals surface area contributed by atoms with Gasteiger partial charge in [0.1, 0.15) is 0 Å². The second-order valence-electron chi connectivity index (χ2n) is 8.15. The van der Waals surface area contributed by atoms with Crippen LogP contribution in [0.3, 0.4) is 0 Å². The summed E-state index contributed by atoms with van der Waals surface area (Å²) in [4.78, 5) is 11.2. The molecule has 0 fully saturated rings. The van der Waals surface area contributed by atoms with Crippen molar-refractivity contribution in [2.45, 2.75) is 93.6 Å². The molecule has 0 radical (unpaired) electrons. The molecule has 0 saturated heterocycles. The van der Waals surface area contributed by atoms with Crippen molar-refractivity contribution >= 4 is 5.97 Å². The highest BCUT2D eigenvalue weighted by Gasteiger charge is 2.95. The second-order valence-corrected chi connectivity index (χ2v) is 8.15. The highest BCUT2D eigenvalue weighted by molar-refractivity contribution is 5.70. The number of hydrogen-bond donors (Lipinski definition) is 1. The Morgan fingerprint density at radius 3 is 1.27 bits per heavy atom. The second kappa shape index (κ2) is 10.4. The molecule has 2 nitrogen and oxygen atoms in total. The van der Waals surface area contributed by atoms with E-state index in [9.17, 15) is 79.4 Å². The number of carbonyl (C=O) groups is 1. The first kappa shape index (κ1) is 35.3. The molecular weight excluding hydrogens is 571 g/mol. The number of carboxylic acids is 1. The van der Waals surface area contributed by atoms with Crippen LogP contribution in [-0.4, -0.2) is 58.7 Å². The maximum Gasteiger partial charge on any atom is 0.460 e. The molecule has 0 aliphatic rings. The molecule has 0 saturated carbocycles. The summed E-state index contributed by atoms with van der Waals surface area (Å²) in [6.45, 7) is 1.41. The summed E-state index contributed by atoms with van der Waals surface area (Å²) in [6.07, 6.45) is -8.22. The maximum absolute atomic E-state index is 14.3. The van der Waals surface area contributed by atoms with Crippen LogP contribution in [0.15, 0.2) is 0 Å². The van der Waals surface area contributed by atoms with E-state index in [1.54, 1.807) is 6.92 Å². The summed E-state index contributed by atoms with van der Waals surface area (Å²) in [5.74, 6) is -65.9. The average Bonchev–Trinajstić information content (AvgIpc) is 2.71. The van der Waals surface area contributed by atoms with Crippen molar-refractivity contribution in [2.24, 2.45) is 11.8 Å². The van der Waals surface area contributed by atoms with E-state index in [-0.39, 0.29) is 19.8 Å². The molecule has 0 aliphatic carbocycles. The molecule has 0 aromatic heterocycles. The molecule has 0 aromatic carbocycles. The minimum Gasteiger partial charge on any atom is -0.481 e. The molecule has 0 aromatic rings. The van der Waals surface area contributed by atoms with Crippen LogP contribution in [0.25, 0.3) is 0 Å². The van der Waals surface area contributed by atoms with Crippen molar-refractivity contribution in [1.82, 2.24) is 0 Å². The molecule has 0 rings (SSSR count). The fraction of sp³-hybridized carbons (Fsp3) is 0.944. The van der Waals surface area contributed by atoms with E-state index in [4.69, 9.17) is 5.11 Å². The minimum atomic E-state index is -8.71. The molecule has 0 amide bonds. The number of unbranched alkanes of at least 4 members (excludes halogenated alkanes) is 3. The molecule has 1 N–H and O–H groups in total. The van der Waals surface area contributed by atoms with E-state index in [1.807, 2.05) is 0 Å². The summed E-state index contributed by atoms with van der Waals surface area (Å²) in [7, 11) is 0. The van der Waals surface area contributed by atoms with Crippen LogP contribution in [0.2, 0.25) is 0 Å². The largest absolute Gasteiger partial charge is 0.481 e. The van der Waals surface area contributed by atoms with Gasteiger partial charge in [0, 0.05) is 5.92 Å². The number of carboxylic acid groups (broad SMARTS) is 1. The SMILES string of the molecule is CCCCCCC(C(=O)O)C(C)C(F)(F)C(F)(F)C(F)(F)C(F)(F)C(F)(F)C(F)(F)C(F)(F)C(F)(F)F. The van der Waals surface area contributed by atoms with Crippen molar-refractivity contribution in [3.8, 4) is 0 Å². The van der Waals surface area contributed by atoms with Gasteiger partial charge >= 0.3 is 53.6 Å². The van der Waals surface area contributed by atoms with Gasteiger partial charge in [-0.1, -0.05) is 39.5 Å². The van der Waals surface area contributed by atoms with Gasteiger partial charge < -0.3 is 5.11 Å². The fourth-order valence-corrected chi connectivity index (χ4v) is 3.09. The maximum atomic E-state index is 14.3. The molecule has 2 unspecified atom stereocenters. The summed E-state index contributed by atoms with van der Waals surface area (Å²) < 4.78 is 227. The summed E-state index contributed by atoms with van der Waals surface area (Å²) >= 11 is 0. The Hall–Kier alpha value is -1.72. The molecular formula is C18H19F17O2. The lowest BCUT2D eigenvalue weighted by molar-refractivity contribution is -0.463. The van der Waals surface area contributed by atoms with Gasteiger partial charge in [0.25, 0.3) is 0 Å². The van der Waals surface area contributed by atoms with Gasteiger partial charge in [-0.2, -0.15) is 74.6 Å². The third-order valence-electron chi connectivity index (χ3n) is 5.61. The van der Waals surface area contributed by atoms with Crippen molar-refractivity contribution in [1.29, 1.82) is 0 Å². The smallest absolute Gasteiger partial charge is 0.460 e. The molecule has 222 valence electrons. The molecule has 0 spiro atoms. The van der Waals surface area contributed by atoms with Gasteiger partial charge in [-0.3, -0.25) is 4.79 Å². The first-order valence-corrected chi connectivity index (χ1v) is 9.99. The van der Waals surface area contributed by atoms with Crippen molar-refractivity contribution in [3.05, 3.63) is 0 Å². The van der Waals surface area contributed by atoms with Gasteiger partial charge in [-0.15, -0.1) is 0 Å². The zero-order valence-electron chi connectivity index (χ0n) is 18.5. The third kappa shape index (κ3) is 5.41. The van der Waals surface area contributed by atoms with Crippen molar-refractivity contribution in [2.75, 3.05) is 0 Å². The molecule has 0 aliphatic heterocycles. The summed E-state index contributed by atoms with van der Waals surface area (Å²) in [6, 6.07) is 0. The predicted octanol–water partition coefficient (Wildman–Crippen LogP) is 8.30. The quantitative estimate of drug-likeness (QED) is 0.163. The fourth-order valence-electron chi connectivity index (χ4n) is 3.09. The van der Waals surface area contributed by atoms with E-state index in [0.717, 1.165) is 0 Å². The van der Waals surface area contributed by atoms with Crippen LogP contribution in [0.5, 0.6) is 0 Å². The van der Waals surface area contributed by atoms with Crippen LogP contribution in [0.4, 0.5) is 74.6 Å². The highest BCUT2D eigenvalue weighted by atomic mass is 19.4. The molecule has 37 heavy (non-hydrogen) atoms. The average molecular weight is 590 g/mol. The van der Waals surface area contributed by atoms with E-state index in [1.165, 1.54) is 0 Å². The normalized spacial score (nSPS) is 17.1. The lowest BCUT2D eigenvalue weighted by atomic mass is 9.79. The monoisotopic (exact) mass is 590 g/mol. The summed E-state index contributed by atoms with van der Waals surface area (Å²) in [5, 5.41) is 8.97. The van der Waals surface area contributed by atoms with Gasteiger partial charge in [0.2, 0.25) is 0 Å². The van der Waals surface area contributed by atoms with Gasteiger partial charge in [-0.25, -0.2) is 0 Å². The highest BCUT2D eigenvalue weighted by Crippen LogP contribution is 2.64. The van der Waals surface area contributed by atoms with Crippen LogP contribution >= 0.6 is 0 Å². The van der Waals surface area contributed by atoms with Crippen molar-refractivity contribution < 1.29 is 84.5 Å². The number of hydrogen-bond acceptors (Lipinski definition) is 1. The Morgan fingerprint density at radius 1 is 0.595 bits per heavy atom. The Bertz CT molecular complexity index is 788. The zero-order chi connectivity index (χ0) is 30.3. The lowest BCUT2D eigenvalue weighted by Gasteiger charge is -2.44. The van der Waals surface area contributed by atoms with E-state index >= 15 is 0 Å². The van der Waals surface area contributed by atoms with Crippen LogP contribution < -0.4 is 0 Å². The molecule has 2 atom stereocenters. The molecule has 0 heterocycles. The minimum absolute atomic E-state index is 0.0813. The lowest BCUT2D eigenvalue weighted by Crippen LogP contribution is -2.75. The number of alkyl halides is 17. The van der Waals surface area contributed by atoms with Gasteiger partial charge in [0.15, 0.2) is 0 Å². The van der Waals surface area contributed by atoms with Crippen LogP contribution in [0, 0.1) is 11.8 Å². The van der Waals surface area contributed by atoms with E-state index in [0.29, 0.717) is 12.8 Å². The standard InChI is InChI=1S/C18H19F17O2/c1-3-4-5-6-7-9(10(36)37)8(2)11(19,20)12(21,22)13(23,24)14(25,26)15(27,28)16(29,30)17(31,32)18(33,34)35/h8-9H,3-7H2,1-2H3,(H,36,37). The number of aliphatic carboxylic acids is 1. The van der Waals surface area contributed by atoms with Gasteiger partial charge in [0.05, 0.1) is 5.92 Å². The zero-order valence-corrected chi connectivity index (χ0v) is 18.5.